The molecule has 1 saturated carbocycles. The average molecular weight is 291 g/mol. The first kappa shape index (κ1) is 15.8. The molecule has 2 unspecified atom stereocenters. The number of hydrogen-bond acceptors (Lipinski definition) is 3. The van der Waals surface area contributed by atoms with Gasteiger partial charge in [0.05, 0.1) is 7.11 Å². The summed E-state index contributed by atoms with van der Waals surface area (Å²) >= 11 is 0. The molecule has 2 rings (SSSR count). The molecule has 116 valence electrons. The molecule has 0 spiro atoms. The monoisotopic (exact) mass is 291 g/mol. The number of benzene rings is 1. The van der Waals surface area contributed by atoms with Gasteiger partial charge in [-0.25, -0.2) is 0 Å². The Morgan fingerprint density at radius 2 is 2.05 bits per heavy atom. The first-order valence-electron chi connectivity index (χ1n) is 7.68. The van der Waals surface area contributed by atoms with Gasteiger partial charge in [0, 0.05) is 18.6 Å². The van der Waals surface area contributed by atoms with Crippen LogP contribution in [-0.2, 0) is 11.2 Å². The highest BCUT2D eigenvalue weighted by molar-refractivity contribution is 5.79. The molecule has 4 nitrogen and oxygen atoms in total. The molecule has 1 aliphatic carbocycles. The summed E-state index contributed by atoms with van der Waals surface area (Å²) in [6, 6.07) is 7.96. The molecule has 0 radical (unpaired) electrons. The van der Waals surface area contributed by atoms with E-state index >= 15 is 0 Å². The number of carbonyl (C=O) groups is 1. The van der Waals surface area contributed by atoms with Gasteiger partial charge in [-0.3, -0.25) is 4.79 Å². The fourth-order valence-electron chi connectivity index (χ4n) is 2.60. The van der Waals surface area contributed by atoms with Gasteiger partial charge < -0.3 is 15.2 Å². The molecular formula is C17H25NO3. The Kier molecular flexibility index (Phi) is 5.62. The minimum atomic E-state index is -0.0710. The molecule has 1 aromatic rings. The van der Waals surface area contributed by atoms with Gasteiger partial charge in [0.1, 0.15) is 5.75 Å². The summed E-state index contributed by atoms with van der Waals surface area (Å²) in [5, 5.41) is 12.2. The average Bonchev–Trinajstić information content (AvgIpc) is 3.32. The van der Waals surface area contributed by atoms with Gasteiger partial charge in [-0.2, -0.15) is 0 Å². The number of nitrogens with one attached hydrogen (secondary N) is 1. The molecule has 1 aromatic carbocycles. The topological polar surface area (TPSA) is 58.6 Å². The Morgan fingerprint density at radius 3 is 2.57 bits per heavy atom. The maximum atomic E-state index is 12.3. The molecule has 0 saturated heterocycles. The van der Waals surface area contributed by atoms with Gasteiger partial charge in [-0.05, 0) is 49.3 Å². The highest BCUT2D eigenvalue weighted by Crippen LogP contribution is 2.34. The molecule has 1 amide bonds. The molecule has 2 N–H and O–H groups in total. The molecule has 0 bridgehead atoms. The maximum Gasteiger partial charge on any atom is 0.223 e. The lowest BCUT2D eigenvalue weighted by molar-refractivity contribution is -0.125. The van der Waals surface area contributed by atoms with Crippen LogP contribution in [0.1, 0.15) is 31.7 Å². The van der Waals surface area contributed by atoms with Crippen molar-refractivity contribution in [3.8, 4) is 5.75 Å². The summed E-state index contributed by atoms with van der Waals surface area (Å²) in [5.41, 5.74) is 1.13. The van der Waals surface area contributed by atoms with Crippen LogP contribution < -0.4 is 10.1 Å². The zero-order chi connectivity index (χ0) is 15.2. The highest BCUT2D eigenvalue weighted by atomic mass is 16.5. The lowest BCUT2D eigenvalue weighted by Crippen LogP contribution is -2.40. The first-order valence-corrected chi connectivity index (χ1v) is 7.68. The van der Waals surface area contributed by atoms with Crippen molar-refractivity contribution in [1.82, 2.24) is 5.32 Å². The minimum Gasteiger partial charge on any atom is -0.497 e. The molecule has 0 aromatic heterocycles. The largest absolute Gasteiger partial charge is 0.497 e. The lowest BCUT2D eigenvalue weighted by atomic mass is 9.99. The van der Waals surface area contributed by atoms with E-state index in [1.165, 1.54) is 0 Å². The molecule has 2 atom stereocenters. The molecule has 0 aliphatic heterocycles. The molecule has 4 heteroatoms. The van der Waals surface area contributed by atoms with E-state index in [1.807, 2.05) is 31.2 Å². The van der Waals surface area contributed by atoms with Crippen LogP contribution in [0.4, 0.5) is 0 Å². The smallest absolute Gasteiger partial charge is 0.223 e. The van der Waals surface area contributed by atoms with Crippen molar-refractivity contribution in [1.29, 1.82) is 0 Å². The second-order valence-corrected chi connectivity index (χ2v) is 5.92. The maximum absolute atomic E-state index is 12.3. The van der Waals surface area contributed by atoms with E-state index in [-0.39, 0.29) is 24.5 Å². The quantitative estimate of drug-likeness (QED) is 0.771. The third kappa shape index (κ3) is 4.74. The number of methoxy groups -OCH3 is 1. The predicted octanol–water partition coefficient (Wildman–Crippen LogP) is 2.15. The molecule has 21 heavy (non-hydrogen) atoms. The van der Waals surface area contributed by atoms with Crippen LogP contribution in [0.2, 0.25) is 0 Å². The zero-order valence-electron chi connectivity index (χ0n) is 12.8. The number of ether oxygens (including phenoxy) is 1. The van der Waals surface area contributed by atoms with Gasteiger partial charge in [0.15, 0.2) is 0 Å². The second kappa shape index (κ2) is 7.46. The fraction of sp³-hybridized carbons (Fsp3) is 0.588. The van der Waals surface area contributed by atoms with Crippen LogP contribution >= 0.6 is 0 Å². The van der Waals surface area contributed by atoms with Gasteiger partial charge in [-0.15, -0.1) is 0 Å². The zero-order valence-corrected chi connectivity index (χ0v) is 12.8. The van der Waals surface area contributed by atoms with E-state index < -0.39 is 0 Å². The third-order valence-electron chi connectivity index (χ3n) is 4.11. The molecule has 0 heterocycles. The Hall–Kier alpha value is -1.55. The number of carbonyl (C=O) groups excluding carboxylic acids is 1. The molecule has 1 aliphatic rings. The summed E-state index contributed by atoms with van der Waals surface area (Å²) < 4.78 is 5.13. The van der Waals surface area contributed by atoms with E-state index in [9.17, 15) is 4.79 Å². The fourth-order valence-corrected chi connectivity index (χ4v) is 2.60. The van der Waals surface area contributed by atoms with Crippen LogP contribution in [0, 0.1) is 11.8 Å². The Bertz CT molecular complexity index is 454. The number of aliphatic hydroxyl groups excluding tert-OH is 1. The number of amides is 1. The summed E-state index contributed by atoms with van der Waals surface area (Å²) in [7, 11) is 1.64. The standard InChI is InChI=1S/C17H25NO3/c1-12(11-13-3-7-15(21-2)8-4-13)17(20)18-16(9-10-19)14-5-6-14/h3-4,7-8,12,14,16,19H,5-6,9-11H2,1-2H3,(H,18,20). The first-order chi connectivity index (χ1) is 10.1. The van der Waals surface area contributed by atoms with Gasteiger partial charge in [0.2, 0.25) is 5.91 Å². The van der Waals surface area contributed by atoms with E-state index in [1.54, 1.807) is 7.11 Å². The summed E-state index contributed by atoms with van der Waals surface area (Å²) in [6.07, 6.45) is 3.70. The van der Waals surface area contributed by atoms with E-state index in [2.05, 4.69) is 5.32 Å². The van der Waals surface area contributed by atoms with E-state index in [0.717, 1.165) is 24.2 Å². The van der Waals surface area contributed by atoms with Crippen molar-refractivity contribution >= 4 is 5.91 Å². The lowest BCUT2D eigenvalue weighted by Gasteiger charge is -2.20. The van der Waals surface area contributed by atoms with E-state index in [0.29, 0.717) is 18.8 Å². The molecular weight excluding hydrogens is 266 g/mol. The van der Waals surface area contributed by atoms with Crippen LogP contribution in [0.25, 0.3) is 0 Å². The van der Waals surface area contributed by atoms with Crippen molar-refractivity contribution in [2.45, 2.75) is 38.6 Å². The van der Waals surface area contributed by atoms with Gasteiger partial charge in [-0.1, -0.05) is 19.1 Å². The van der Waals surface area contributed by atoms with Crippen LogP contribution in [0.5, 0.6) is 5.75 Å². The van der Waals surface area contributed by atoms with Crippen molar-refractivity contribution in [3.63, 3.8) is 0 Å². The number of rotatable bonds is 8. The van der Waals surface area contributed by atoms with E-state index in [4.69, 9.17) is 9.84 Å². The molecule has 1 fully saturated rings. The van der Waals surface area contributed by atoms with Crippen molar-refractivity contribution < 1.29 is 14.6 Å². The van der Waals surface area contributed by atoms with Crippen LogP contribution in [0.15, 0.2) is 24.3 Å². The number of hydrogen-bond donors (Lipinski definition) is 2. The highest BCUT2D eigenvalue weighted by Gasteiger charge is 2.32. The summed E-state index contributed by atoms with van der Waals surface area (Å²) in [5.74, 6) is 1.40. The van der Waals surface area contributed by atoms with Crippen molar-refractivity contribution in [3.05, 3.63) is 29.8 Å². The second-order valence-electron chi connectivity index (χ2n) is 5.92. The summed E-state index contributed by atoms with van der Waals surface area (Å²) in [6.45, 7) is 2.08. The van der Waals surface area contributed by atoms with Crippen molar-refractivity contribution in [2.24, 2.45) is 11.8 Å². The summed E-state index contributed by atoms with van der Waals surface area (Å²) in [4.78, 5) is 12.3. The minimum absolute atomic E-state index is 0.0710. The van der Waals surface area contributed by atoms with Crippen LogP contribution in [-0.4, -0.2) is 30.8 Å². The SMILES string of the molecule is COc1ccc(CC(C)C(=O)NC(CCO)C2CC2)cc1. The Balaban J connectivity index is 1.85. The normalized spacial score (nSPS) is 17.1. The van der Waals surface area contributed by atoms with Gasteiger partial charge >= 0.3 is 0 Å². The van der Waals surface area contributed by atoms with Crippen LogP contribution in [0.3, 0.4) is 0 Å². The number of aliphatic hydroxyl groups is 1. The Morgan fingerprint density at radius 1 is 1.38 bits per heavy atom. The third-order valence-corrected chi connectivity index (χ3v) is 4.11. The predicted molar refractivity (Wildman–Crippen MR) is 82.2 cm³/mol. The van der Waals surface area contributed by atoms with Crippen molar-refractivity contribution in [2.75, 3.05) is 13.7 Å². The Labute approximate surface area is 126 Å². The van der Waals surface area contributed by atoms with Gasteiger partial charge in [0.25, 0.3) is 0 Å².